The molecule has 0 fully saturated rings. The lowest BCUT2D eigenvalue weighted by Crippen LogP contribution is -2.18. The number of hydrogen-bond acceptors (Lipinski definition) is 5. The van der Waals surface area contributed by atoms with E-state index in [-0.39, 0.29) is 5.82 Å². The largest absolute Gasteiger partial charge is 0.354 e. The average molecular weight is 348 g/mol. The van der Waals surface area contributed by atoms with Crippen LogP contribution in [0.4, 0.5) is 21.7 Å². The molecule has 26 heavy (non-hydrogen) atoms. The van der Waals surface area contributed by atoms with Gasteiger partial charge in [-0.05, 0) is 48.0 Å². The quantitative estimate of drug-likeness (QED) is 0.597. The molecule has 0 aliphatic heterocycles. The summed E-state index contributed by atoms with van der Waals surface area (Å²) in [6, 6.07) is 14.0. The Hall–Kier alpha value is -3.48. The number of fused-ring (bicyclic) bond motifs is 1. The zero-order valence-electron chi connectivity index (χ0n) is 14.2. The molecule has 1 aromatic carbocycles. The van der Waals surface area contributed by atoms with Gasteiger partial charge in [0, 0.05) is 31.7 Å². The second kappa shape index (κ2) is 6.79. The number of pyridine rings is 1. The van der Waals surface area contributed by atoms with E-state index in [1.807, 2.05) is 42.4 Å². The van der Waals surface area contributed by atoms with Crippen LogP contribution >= 0.6 is 0 Å². The molecule has 0 saturated heterocycles. The predicted octanol–water partition coefficient (Wildman–Crippen LogP) is 3.64. The van der Waals surface area contributed by atoms with Crippen molar-refractivity contribution in [2.75, 3.05) is 17.3 Å². The van der Waals surface area contributed by atoms with E-state index < -0.39 is 0 Å². The first kappa shape index (κ1) is 16.0. The molecule has 130 valence electrons. The summed E-state index contributed by atoms with van der Waals surface area (Å²) in [6.45, 7) is 0.696. The fourth-order valence-electron chi connectivity index (χ4n) is 2.68. The maximum Gasteiger partial charge on any atom is 0.156 e. The van der Waals surface area contributed by atoms with Crippen LogP contribution in [-0.2, 0) is 6.54 Å². The first-order valence-corrected chi connectivity index (χ1v) is 8.16. The molecular formula is C19H17FN6. The maximum atomic E-state index is 13.1. The molecule has 0 saturated carbocycles. The summed E-state index contributed by atoms with van der Waals surface area (Å²) in [5, 5.41) is 7.88. The van der Waals surface area contributed by atoms with Crippen LogP contribution in [0.1, 0.15) is 5.56 Å². The van der Waals surface area contributed by atoms with Gasteiger partial charge in [-0.15, -0.1) is 5.10 Å². The van der Waals surface area contributed by atoms with Crippen molar-refractivity contribution in [1.82, 2.24) is 19.6 Å². The molecule has 7 heteroatoms. The Bertz CT molecular complexity index is 1010. The van der Waals surface area contributed by atoms with Crippen molar-refractivity contribution >= 4 is 23.0 Å². The number of nitrogens with one attached hydrogen (secondary N) is 1. The van der Waals surface area contributed by atoms with E-state index in [2.05, 4.69) is 20.4 Å². The number of hydrogen-bond donors (Lipinski definition) is 1. The van der Waals surface area contributed by atoms with Gasteiger partial charge in [-0.25, -0.2) is 9.37 Å². The number of rotatable bonds is 5. The highest BCUT2D eigenvalue weighted by molar-refractivity contribution is 5.60. The minimum absolute atomic E-state index is 0.272. The molecule has 0 radical (unpaired) electrons. The molecule has 4 rings (SSSR count). The van der Waals surface area contributed by atoms with Crippen LogP contribution < -0.4 is 10.2 Å². The smallest absolute Gasteiger partial charge is 0.156 e. The molecule has 0 spiro atoms. The standard InChI is InChI=1S/C19H17FN6/c1-25(13-14-3-2-10-21-11-14)18-9-8-17-22-12-19(26(17)24-18)23-16-6-4-15(20)5-7-16/h2-12,23H,13H2,1H3. The van der Waals surface area contributed by atoms with Crippen molar-refractivity contribution in [3.8, 4) is 0 Å². The van der Waals surface area contributed by atoms with Crippen molar-refractivity contribution in [3.05, 3.63) is 78.5 Å². The van der Waals surface area contributed by atoms with Gasteiger partial charge in [-0.3, -0.25) is 4.98 Å². The highest BCUT2D eigenvalue weighted by Crippen LogP contribution is 2.20. The summed E-state index contributed by atoms with van der Waals surface area (Å²) in [4.78, 5) is 10.5. The van der Waals surface area contributed by atoms with E-state index in [4.69, 9.17) is 0 Å². The molecule has 3 heterocycles. The molecule has 0 unspecified atom stereocenters. The van der Waals surface area contributed by atoms with Crippen LogP contribution in [0.2, 0.25) is 0 Å². The molecule has 0 bridgehead atoms. The summed E-state index contributed by atoms with van der Waals surface area (Å²) in [5.74, 6) is 1.25. The number of anilines is 3. The van der Waals surface area contributed by atoms with E-state index >= 15 is 0 Å². The SMILES string of the molecule is CN(Cc1cccnc1)c1ccc2ncc(Nc3ccc(F)cc3)n2n1. The van der Waals surface area contributed by atoms with E-state index in [0.717, 1.165) is 22.7 Å². The monoisotopic (exact) mass is 348 g/mol. The molecule has 3 aromatic heterocycles. The average Bonchev–Trinajstić information content (AvgIpc) is 3.06. The van der Waals surface area contributed by atoms with Gasteiger partial charge in [-0.2, -0.15) is 4.52 Å². The summed E-state index contributed by atoms with van der Waals surface area (Å²) in [6.07, 6.45) is 5.30. The van der Waals surface area contributed by atoms with Crippen LogP contribution in [0, 0.1) is 5.82 Å². The first-order chi connectivity index (χ1) is 12.7. The minimum Gasteiger partial charge on any atom is -0.354 e. The van der Waals surface area contributed by atoms with Crippen molar-refractivity contribution < 1.29 is 4.39 Å². The Balaban J connectivity index is 1.60. The number of benzene rings is 1. The third-order valence-electron chi connectivity index (χ3n) is 4.00. The third kappa shape index (κ3) is 3.32. The highest BCUT2D eigenvalue weighted by atomic mass is 19.1. The Labute approximate surface area is 149 Å². The second-order valence-corrected chi connectivity index (χ2v) is 5.95. The van der Waals surface area contributed by atoms with E-state index in [0.29, 0.717) is 12.4 Å². The van der Waals surface area contributed by atoms with Gasteiger partial charge in [-0.1, -0.05) is 6.07 Å². The Kier molecular flexibility index (Phi) is 4.18. The first-order valence-electron chi connectivity index (χ1n) is 8.16. The van der Waals surface area contributed by atoms with Gasteiger partial charge in [0.15, 0.2) is 11.5 Å². The fraction of sp³-hybridized carbons (Fsp3) is 0.105. The molecule has 6 nitrogen and oxygen atoms in total. The van der Waals surface area contributed by atoms with Crippen LogP contribution in [0.3, 0.4) is 0 Å². The molecule has 0 amide bonds. The molecule has 0 atom stereocenters. The normalized spacial score (nSPS) is 10.8. The molecule has 0 aliphatic carbocycles. The van der Waals surface area contributed by atoms with Crippen molar-refractivity contribution in [1.29, 1.82) is 0 Å². The molecule has 1 N–H and O–H groups in total. The minimum atomic E-state index is -0.272. The van der Waals surface area contributed by atoms with Gasteiger partial charge < -0.3 is 10.2 Å². The Morgan fingerprint density at radius 2 is 1.92 bits per heavy atom. The Morgan fingerprint density at radius 1 is 1.08 bits per heavy atom. The van der Waals surface area contributed by atoms with Crippen molar-refractivity contribution in [2.24, 2.45) is 0 Å². The van der Waals surface area contributed by atoms with E-state index in [9.17, 15) is 4.39 Å². The summed E-state index contributed by atoms with van der Waals surface area (Å²) < 4.78 is 14.8. The topological polar surface area (TPSA) is 58.4 Å². The predicted molar refractivity (Wildman–Crippen MR) is 99.0 cm³/mol. The zero-order chi connectivity index (χ0) is 17.9. The third-order valence-corrected chi connectivity index (χ3v) is 4.00. The van der Waals surface area contributed by atoms with Gasteiger partial charge in [0.25, 0.3) is 0 Å². The van der Waals surface area contributed by atoms with Crippen molar-refractivity contribution in [3.63, 3.8) is 0 Å². The fourth-order valence-corrected chi connectivity index (χ4v) is 2.68. The van der Waals surface area contributed by atoms with E-state index in [1.54, 1.807) is 29.0 Å². The van der Waals surface area contributed by atoms with Gasteiger partial charge in [0.05, 0.1) is 6.20 Å². The lowest BCUT2D eigenvalue weighted by Gasteiger charge is -2.18. The summed E-state index contributed by atoms with van der Waals surface area (Å²) >= 11 is 0. The van der Waals surface area contributed by atoms with Crippen molar-refractivity contribution in [2.45, 2.75) is 6.54 Å². The summed E-state index contributed by atoms with van der Waals surface area (Å²) in [5.41, 5.74) is 2.60. The highest BCUT2D eigenvalue weighted by Gasteiger charge is 2.09. The number of aromatic nitrogens is 4. The molecular weight excluding hydrogens is 331 g/mol. The zero-order valence-corrected chi connectivity index (χ0v) is 14.2. The van der Waals surface area contributed by atoms with Gasteiger partial charge in [0.1, 0.15) is 11.6 Å². The van der Waals surface area contributed by atoms with Crippen LogP contribution in [0.25, 0.3) is 5.65 Å². The van der Waals surface area contributed by atoms with Crippen LogP contribution in [0.15, 0.2) is 67.1 Å². The van der Waals surface area contributed by atoms with Gasteiger partial charge in [0.2, 0.25) is 0 Å². The summed E-state index contributed by atoms with van der Waals surface area (Å²) in [7, 11) is 1.98. The lowest BCUT2D eigenvalue weighted by atomic mass is 10.3. The maximum absolute atomic E-state index is 13.1. The second-order valence-electron chi connectivity index (χ2n) is 5.95. The number of imidazole rings is 1. The Morgan fingerprint density at radius 3 is 2.69 bits per heavy atom. The van der Waals surface area contributed by atoms with Crippen LogP contribution in [-0.4, -0.2) is 26.6 Å². The van der Waals surface area contributed by atoms with E-state index in [1.165, 1.54) is 12.1 Å². The molecule has 4 aromatic rings. The lowest BCUT2D eigenvalue weighted by molar-refractivity contribution is 0.628. The number of nitrogens with zero attached hydrogens (tertiary/aromatic N) is 5. The van der Waals surface area contributed by atoms with Gasteiger partial charge >= 0.3 is 0 Å². The van der Waals surface area contributed by atoms with Crippen LogP contribution in [0.5, 0.6) is 0 Å². The molecule has 0 aliphatic rings. The number of halogens is 1.